The molecule has 6 heteroatoms. The number of hydrogen-bond donors (Lipinski definition) is 1. The van der Waals surface area contributed by atoms with Gasteiger partial charge in [0.1, 0.15) is 5.54 Å². The first kappa shape index (κ1) is 15.5. The molecule has 0 aromatic heterocycles. The Morgan fingerprint density at radius 3 is 2.21 bits per heavy atom. The number of benzene rings is 1. The standard InChI is InChI=1S/C13H16F3NO2/c1-3-19-11(18)12(2,17)8-9-4-6-10(7-5-9)13(14,15)16/h4-7H,3,8,17H2,1-2H3. The van der Waals surface area contributed by atoms with Crippen LogP contribution in [0.4, 0.5) is 13.2 Å². The topological polar surface area (TPSA) is 52.3 Å². The lowest BCUT2D eigenvalue weighted by atomic mass is 9.93. The maximum absolute atomic E-state index is 12.4. The maximum Gasteiger partial charge on any atom is 0.416 e. The Bertz CT molecular complexity index is 438. The molecule has 0 heterocycles. The maximum atomic E-state index is 12.4. The molecule has 0 saturated carbocycles. The van der Waals surface area contributed by atoms with E-state index in [-0.39, 0.29) is 13.0 Å². The molecule has 0 radical (unpaired) electrons. The van der Waals surface area contributed by atoms with E-state index in [2.05, 4.69) is 0 Å². The normalized spacial score (nSPS) is 14.8. The molecule has 106 valence electrons. The quantitative estimate of drug-likeness (QED) is 0.859. The van der Waals surface area contributed by atoms with Crippen molar-refractivity contribution in [1.29, 1.82) is 0 Å². The third-order valence-corrected chi connectivity index (χ3v) is 2.59. The molecule has 1 atom stereocenters. The third-order valence-electron chi connectivity index (χ3n) is 2.59. The molecule has 1 unspecified atom stereocenters. The lowest BCUT2D eigenvalue weighted by molar-refractivity contribution is -0.149. The molecule has 0 aliphatic heterocycles. The molecule has 0 saturated heterocycles. The zero-order chi connectivity index (χ0) is 14.7. The van der Waals surface area contributed by atoms with E-state index in [1.165, 1.54) is 19.1 Å². The Labute approximate surface area is 109 Å². The van der Waals surface area contributed by atoms with E-state index in [9.17, 15) is 18.0 Å². The molecule has 1 aromatic carbocycles. The highest BCUT2D eigenvalue weighted by atomic mass is 19.4. The summed E-state index contributed by atoms with van der Waals surface area (Å²) in [6.07, 6.45) is -4.25. The minimum absolute atomic E-state index is 0.115. The Morgan fingerprint density at radius 1 is 1.26 bits per heavy atom. The van der Waals surface area contributed by atoms with Gasteiger partial charge in [-0.3, -0.25) is 4.79 Å². The van der Waals surface area contributed by atoms with Gasteiger partial charge in [0.05, 0.1) is 12.2 Å². The molecule has 3 nitrogen and oxygen atoms in total. The van der Waals surface area contributed by atoms with Gasteiger partial charge < -0.3 is 10.5 Å². The van der Waals surface area contributed by atoms with Crippen molar-refractivity contribution in [3.63, 3.8) is 0 Å². The summed E-state index contributed by atoms with van der Waals surface area (Å²) >= 11 is 0. The van der Waals surface area contributed by atoms with Crippen molar-refractivity contribution in [2.45, 2.75) is 32.0 Å². The fraction of sp³-hybridized carbons (Fsp3) is 0.462. The summed E-state index contributed by atoms with van der Waals surface area (Å²) in [5.41, 5.74) is 4.37. The second-order valence-corrected chi connectivity index (χ2v) is 4.51. The smallest absolute Gasteiger partial charge is 0.416 e. The zero-order valence-corrected chi connectivity index (χ0v) is 10.8. The number of alkyl halides is 3. The molecular weight excluding hydrogens is 259 g/mol. The summed E-state index contributed by atoms with van der Waals surface area (Å²) in [5, 5.41) is 0. The lowest BCUT2D eigenvalue weighted by Crippen LogP contribution is -2.48. The first-order chi connectivity index (χ1) is 8.66. The molecule has 0 bridgehead atoms. The average Bonchev–Trinajstić information content (AvgIpc) is 2.28. The van der Waals surface area contributed by atoms with Crippen LogP contribution in [0.15, 0.2) is 24.3 Å². The second-order valence-electron chi connectivity index (χ2n) is 4.51. The Hall–Kier alpha value is -1.56. The highest BCUT2D eigenvalue weighted by Gasteiger charge is 2.32. The van der Waals surface area contributed by atoms with E-state index in [0.29, 0.717) is 5.56 Å². The summed E-state index contributed by atoms with van der Waals surface area (Å²) in [7, 11) is 0. The van der Waals surface area contributed by atoms with Gasteiger partial charge in [-0.2, -0.15) is 13.2 Å². The van der Waals surface area contributed by atoms with Crippen molar-refractivity contribution in [3.8, 4) is 0 Å². The van der Waals surface area contributed by atoms with Gasteiger partial charge in [0.25, 0.3) is 0 Å². The minimum Gasteiger partial charge on any atom is -0.465 e. The number of halogens is 3. The number of carbonyl (C=O) groups is 1. The van der Waals surface area contributed by atoms with Crippen LogP contribution in [0.1, 0.15) is 25.0 Å². The van der Waals surface area contributed by atoms with Crippen molar-refractivity contribution in [3.05, 3.63) is 35.4 Å². The van der Waals surface area contributed by atoms with Crippen LogP contribution < -0.4 is 5.73 Å². The molecule has 0 aliphatic rings. The molecule has 0 aliphatic carbocycles. The van der Waals surface area contributed by atoms with E-state index < -0.39 is 23.2 Å². The van der Waals surface area contributed by atoms with Gasteiger partial charge in [0, 0.05) is 6.42 Å². The largest absolute Gasteiger partial charge is 0.465 e. The van der Waals surface area contributed by atoms with Gasteiger partial charge in [-0.25, -0.2) is 0 Å². The van der Waals surface area contributed by atoms with Crippen LogP contribution in [0.3, 0.4) is 0 Å². The number of ether oxygens (including phenoxy) is 1. The predicted molar refractivity (Wildman–Crippen MR) is 64.4 cm³/mol. The first-order valence-corrected chi connectivity index (χ1v) is 5.79. The van der Waals surface area contributed by atoms with Gasteiger partial charge in [0.2, 0.25) is 0 Å². The monoisotopic (exact) mass is 275 g/mol. The molecular formula is C13H16F3NO2. The van der Waals surface area contributed by atoms with Crippen molar-refractivity contribution in [2.75, 3.05) is 6.61 Å². The van der Waals surface area contributed by atoms with E-state index >= 15 is 0 Å². The molecule has 0 amide bonds. The van der Waals surface area contributed by atoms with Crippen LogP contribution in [-0.2, 0) is 22.1 Å². The summed E-state index contributed by atoms with van der Waals surface area (Å²) in [6.45, 7) is 3.35. The van der Waals surface area contributed by atoms with Gasteiger partial charge in [-0.15, -0.1) is 0 Å². The van der Waals surface area contributed by atoms with Gasteiger partial charge >= 0.3 is 12.1 Å². The Morgan fingerprint density at radius 2 is 1.79 bits per heavy atom. The van der Waals surface area contributed by atoms with Crippen LogP contribution in [0, 0.1) is 0 Å². The van der Waals surface area contributed by atoms with Crippen molar-refractivity contribution >= 4 is 5.97 Å². The van der Waals surface area contributed by atoms with Crippen LogP contribution in [0.2, 0.25) is 0 Å². The van der Waals surface area contributed by atoms with Crippen LogP contribution in [-0.4, -0.2) is 18.1 Å². The second kappa shape index (κ2) is 5.61. The highest BCUT2D eigenvalue weighted by molar-refractivity contribution is 5.80. The summed E-state index contributed by atoms with van der Waals surface area (Å²) in [5.74, 6) is -0.574. The number of esters is 1. The number of carbonyl (C=O) groups excluding carboxylic acids is 1. The van der Waals surface area contributed by atoms with Gasteiger partial charge in [-0.1, -0.05) is 12.1 Å². The number of nitrogens with two attached hydrogens (primary N) is 1. The summed E-state index contributed by atoms with van der Waals surface area (Å²) in [6, 6.07) is 4.56. The van der Waals surface area contributed by atoms with E-state index in [0.717, 1.165) is 12.1 Å². The molecule has 2 N–H and O–H groups in total. The summed E-state index contributed by atoms with van der Waals surface area (Å²) in [4.78, 5) is 11.6. The van der Waals surface area contributed by atoms with E-state index in [1.54, 1.807) is 6.92 Å². The van der Waals surface area contributed by atoms with Crippen LogP contribution >= 0.6 is 0 Å². The molecule has 0 spiro atoms. The van der Waals surface area contributed by atoms with Crippen molar-refractivity contribution in [2.24, 2.45) is 5.73 Å². The Balaban J connectivity index is 2.80. The fourth-order valence-electron chi connectivity index (χ4n) is 1.60. The average molecular weight is 275 g/mol. The van der Waals surface area contributed by atoms with Crippen molar-refractivity contribution in [1.82, 2.24) is 0 Å². The van der Waals surface area contributed by atoms with E-state index in [4.69, 9.17) is 10.5 Å². The predicted octanol–water partition coefficient (Wildman–Crippen LogP) is 2.53. The Kier molecular flexibility index (Phi) is 4.57. The zero-order valence-electron chi connectivity index (χ0n) is 10.8. The molecule has 19 heavy (non-hydrogen) atoms. The summed E-state index contributed by atoms with van der Waals surface area (Å²) < 4.78 is 42.0. The lowest BCUT2D eigenvalue weighted by Gasteiger charge is -2.22. The number of hydrogen-bond acceptors (Lipinski definition) is 3. The van der Waals surface area contributed by atoms with Crippen LogP contribution in [0.5, 0.6) is 0 Å². The van der Waals surface area contributed by atoms with Crippen molar-refractivity contribution < 1.29 is 22.7 Å². The van der Waals surface area contributed by atoms with E-state index in [1.807, 2.05) is 0 Å². The van der Waals surface area contributed by atoms with Crippen LogP contribution in [0.25, 0.3) is 0 Å². The van der Waals surface area contributed by atoms with Gasteiger partial charge in [0.15, 0.2) is 0 Å². The SMILES string of the molecule is CCOC(=O)C(C)(N)Cc1ccc(C(F)(F)F)cc1. The highest BCUT2D eigenvalue weighted by Crippen LogP contribution is 2.29. The fourth-order valence-corrected chi connectivity index (χ4v) is 1.60. The molecule has 1 aromatic rings. The number of rotatable bonds is 4. The molecule has 0 fully saturated rings. The third kappa shape index (κ3) is 4.24. The van der Waals surface area contributed by atoms with Gasteiger partial charge in [-0.05, 0) is 31.5 Å². The molecule has 1 rings (SSSR count). The minimum atomic E-state index is -4.37. The first-order valence-electron chi connectivity index (χ1n) is 5.79.